The average Bonchev–Trinajstić information content (AvgIpc) is 2.57. The number of para-hydroxylation sites is 1. The van der Waals surface area contributed by atoms with E-state index in [1.807, 2.05) is 42.5 Å². The van der Waals surface area contributed by atoms with E-state index < -0.39 is 15.4 Å². The molecule has 0 saturated carbocycles. The van der Waals surface area contributed by atoms with Crippen LogP contribution in [0.1, 0.15) is 16.4 Å². The van der Waals surface area contributed by atoms with E-state index in [0.29, 0.717) is 16.9 Å². The molecule has 0 N–H and O–H groups in total. The van der Waals surface area contributed by atoms with Crippen LogP contribution in [0.5, 0.6) is 5.75 Å². The van der Waals surface area contributed by atoms with Crippen LogP contribution < -0.4 is 4.18 Å². The first kappa shape index (κ1) is 18.1. The summed E-state index contributed by atoms with van der Waals surface area (Å²) in [6.07, 6.45) is 0. The van der Waals surface area contributed by atoms with E-state index in [0.717, 1.165) is 0 Å². The van der Waals surface area contributed by atoms with Gasteiger partial charge >= 0.3 is 10.1 Å². The van der Waals surface area contributed by atoms with E-state index in [1.54, 1.807) is 48.5 Å². The van der Waals surface area contributed by atoms with Gasteiger partial charge < -0.3 is 4.18 Å². The first-order valence-corrected chi connectivity index (χ1v) is 8.72. The summed E-state index contributed by atoms with van der Waals surface area (Å²) in [7, 11) is -3.88. The van der Waals surface area contributed by atoms with Crippen molar-refractivity contribution in [2.24, 2.45) is 0 Å². The van der Waals surface area contributed by atoms with Crippen LogP contribution in [0, 0.1) is 0 Å². The van der Waals surface area contributed by atoms with Crippen molar-refractivity contribution in [1.29, 1.82) is 0 Å². The summed E-state index contributed by atoms with van der Waals surface area (Å²) in [6, 6.07) is 26.7. The summed E-state index contributed by atoms with van der Waals surface area (Å²) in [5, 5.41) is -0.870. The molecule has 0 heterocycles. The van der Waals surface area contributed by atoms with Crippen LogP contribution >= 0.6 is 13.5 Å². The van der Waals surface area contributed by atoms with Crippen LogP contribution in [0.15, 0.2) is 91.0 Å². The quantitative estimate of drug-likeness (QED) is 0.639. The highest BCUT2D eigenvalue weighted by atomic mass is 32.2. The van der Waals surface area contributed by atoms with Gasteiger partial charge in [0.1, 0.15) is 11.0 Å². The molecule has 3 nitrogen and oxygen atoms in total. The zero-order valence-corrected chi connectivity index (χ0v) is 14.7. The minimum absolute atomic E-state index is 0. The summed E-state index contributed by atoms with van der Waals surface area (Å²) in [6.45, 7) is 0. The van der Waals surface area contributed by atoms with Crippen molar-refractivity contribution in [2.45, 2.75) is 5.25 Å². The van der Waals surface area contributed by atoms with E-state index in [1.165, 1.54) is 0 Å². The van der Waals surface area contributed by atoms with Gasteiger partial charge in [0.15, 0.2) is 0 Å². The molecule has 0 amide bonds. The Hall–Kier alpha value is -2.24. The van der Waals surface area contributed by atoms with Gasteiger partial charge in [0.2, 0.25) is 0 Å². The van der Waals surface area contributed by atoms with Crippen LogP contribution in [-0.4, -0.2) is 8.42 Å². The lowest BCUT2D eigenvalue weighted by atomic mass is 10.0. The molecule has 0 aliphatic carbocycles. The Morgan fingerprint density at radius 2 is 1.00 bits per heavy atom. The number of hydrogen-bond donors (Lipinski definition) is 0. The normalized spacial score (nSPS) is 10.9. The second-order valence-corrected chi connectivity index (χ2v) is 6.71. The predicted molar refractivity (Wildman–Crippen MR) is 101 cm³/mol. The lowest BCUT2D eigenvalue weighted by Gasteiger charge is -2.18. The van der Waals surface area contributed by atoms with E-state index in [9.17, 15) is 8.42 Å². The zero-order valence-electron chi connectivity index (χ0n) is 12.9. The molecule has 124 valence electrons. The van der Waals surface area contributed by atoms with E-state index in [-0.39, 0.29) is 13.5 Å². The van der Waals surface area contributed by atoms with Crippen LogP contribution in [0.2, 0.25) is 0 Å². The second-order valence-electron chi connectivity index (χ2n) is 5.09. The lowest BCUT2D eigenvalue weighted by Crippen LogP contribution is -2.20. The molecule has 0 aliphatic rings. The Balaban J connectivity index is 0.00000208. The van der Waals surface area contributed by atoms with Crippen molar-refractivity contribution in [3.63, 3.8) is 0 Å². The van der Waals surface area contributed by atoms with E-state index in [2.05, 4.69) is 0 Å². The molecule has 0 fully saturated rings. The molecule has 0 spiro atoms. The number of hydrogen-bond acceptors (Lipinski definition) is 3. The summed E-state index contributed by atoms with van der Waals surface area (Å²) in [5.41, 5.74) is 1.35. The van der Waals surface area contributed by atoms with E-state index >= 15 is 0 Å². The highest BCUT2D eigenvalue weighted by Gasteiger charge is 2.31. The summed E-state index contributed by atoms with van der Waals surface area (Å²) < 4.78 is 31.1. The van der Waals surface area contributed by atoms with Gasteiger partial charge in [-0.3, -0.25) is 0 Å². The van der Waals surface area contributed by atoms with Gasteiger partial charge in [-0.05, 0) is 23.3 Å². The smallest absolute Gasteiger partial charge is 0.320 e. The maximum Gasteiger partial charge on any atom is 0.320 e. The molecular weight excluding hydrogens is 340 g/mol. The molecule has 3 rings (SSSR count). The third-order valence-electron chi connectivity index (χ3n) is 3.45. The molecule has 3 aromatic carbocycles. The van der Waals surface area contributed by atoms with Crippen LogP contribution in [0.3, 0.4) is 0 Å². The minimum atomic E-state index is -3.88. The van der Waals surface area contributed by atoms with Crippen LogP contribution in [0.4, 0.5) is 0 Å². The highest BCUT2D eigenvalue weighted by Crippen LogP contribution is 2.32. The van der Waals surface area contributed by atoms with Crippen molar-refractivity contribution in [2.75, 3.05) is 0 Å². The van der Waals surface area contributed by atoms with Crippen molar-refractivity contribution in [1.82, 2.24) is 0 Å². The van der Waals surface area contributed by atoms with Gasteiger partial charge in [-0.25, -0.2) is 0 Å². The first-order valence-electron chi connectivity index (χ1n) is 7.25. The van der Waals surface area contributed by atoms with Gasteiger partial charge in [0.05, 0.1) is 0 Å². The lowest BCUT2D eigenvalue weighted by molar-refractivity contribution is 0.478. The molecule has 24 heavy (non-hydrogen) atoms. The minimum Gasteiger partial charge on any atom is -0.382 e. The molecular formula is C19H18O3S2. The van der Waals surface area contributed by atoms with Gasteiger partial charge in [-0.2, -0.15) is 21.9 Å². The Morgan fingerprint density at radius 1 is 0.625 bits per heavy atom. The molecule has 0 aromatic heterocycles. The maximum absolute atomic E-state index is 12.9. The molecule has 0 unspecified atom stereocenters. The summed E-state index contributed by atoms with van der Waals surface area (Å²) in [5.74, 6) is 0.310. The molecule has 0 aliphatic heterocycles. The second kappa shape index (κ2) is 8.04. The van der Waals surface area contributed by atoms with Crippen molar-refractivity contribution < 1.29 is 12.6 Å². The molecule has 5 heteroatoms. The zero-order chi connectivity index (χ0) is 16.1. The Morgan fingerprint density at radius 3 is 1.42 bits per heavy atom. The topological polar surface area (TPSA) is 43.4 Å². The van der Waals surface area contributed by atoms with E-state index in [4.69, 9.17) is 4.18 Å². The summed E-state index contributed by atoms with van der Waals surface area (Å²) in [4.78, 5) is 0. The summed E-state index contributed by atoms with van der Waals surface area (Å²) >= 11 is 0. The molecule has 0 radical (unpaired) electrons. The monoisotopic (exact) mass is 358 g/mol. The SMILES string of the molecule is O=S(=O)(Oc1ccccc1)C(c1ccccc1)c1ccccc1.S. The fourth-order valence-corrected chi connectivity index (χ4v) is 3.90. The fourth-order valence-electron chi connectivity index (χ4n) is 2.44. The number of rotatable bonds is 5. The molecule has 0 bridgehead atoms. The van der Waals surface area contributed by atoms with Gasteiger partial charge in [0.25, 0.3) is 0 Å². The molecule has 0 saturated heterocycles. The average molecular weight is 358 g/mol. The number of benzene rings is 3. The third kappa shape index (κ3) is 4.19. The predicted octanol–water partition coefficient (Wildman–Crippen LogP) is 4.30. The van der Waals surface area contributed by atoms with Crippen LogP contribution in [-0.2, 0) is 10.1 Å². The van der Waals surface area contributed by atoms with Gasteiger partial charge in [0, 0.05) is 0 Å². The Kier molecular flexibility index (Phi) is 6.06. The first-order chi connectivity index (χ1) is 11.2. The van der Waals surface area contributed by atoms with Gasteiger partial charge in [-0.15, -0.1) is 0 Å². The Labute approximate surface area is 149 Å². The van der Waals surface area contributed by atoms with Crippen LogP contribution in [0.25, 0.3) is 0 Å². The van der Waals surface area contributed by atoms with Crippen molar-refractivity contribution in [3.8, 4) is 5.75 Å². The molecule has 3 aromatic rings. The maximum atomic E-state index is 12.9. The Bertz CT molecular complexity index is 809. The fraction of sp³-hybridized carbons (Fsp3) is 0.0526. The largest absolute Gasteiger partial charge is 0.382 e. The van der Waals surface area contributed by atoms with Crippen molar-refractivity contribution in [3.05, 3.63) is 102 Å². The van der Waals surface area contributed by atoms with Gasteiger partial charge in [-0.1, -0.05) is 78.9 Å². The highest BCUT2D eigenvalue weighted by molar-refractivity contribution is 7.87. The van der Waals surface area contributed by atoms with Crippen molar-refractivity contribution >= 4 is 23.6 Å². The molecule has 0 atom stereocenters. The third-order valence-corrected chi connectivity index (χ3v) is 5.00. The standard InChI is InChI=1S/C19H16O3S.H2S/c20-23(21,22-18-14-8-3-9-15-18)19(16-10-4-1-5-11-16)17-12-6-2-7-13-17;/h1-15,19H;1H2.